The molecule has 21 aromatic rings. The lowest BCUT2D eigenvalue weighted by Crippen LogP contribution is -2.36. The highest BCUT2D eigenvalue weighted by molar-refractivity contribution is 7.87. The van der Waals surface area contributed by atoms with Gasteiger partial charge in [0.15, 0.2) is 21.4 Å². The van der Waals surface area contributed by atoms with Crippen LogP contribution in [0.3, 0.4) is 0 Å². The van der Waals surface area contributed by atoms with Gasteiger partial charge in [-0.15, -0.1) is 0 Å². The first-order valence-corrected chi connectivity index (χ1v) is 55.4. The fourth-order valence-corrected chi connectivity index (χ4v) is 32.0. The SMILES string of the molecule is Cc1ccccc1-c1ccc2c(c1)P1(=O)c3cc(-c4ccccc4)ccc3Oc3c(-c4ccccc4C)cc(-c4ccccc4C)c(c31)O2.Cc1ccccc1-c1ccc2c(c1)P1(=O)c3cc(-c4ccccc4C)ccc3Oc3c(-c4ccccc4C)cc(-c4ccccc4)c(c31)O2.Cc1ccccc1-c1ccc2c(c1)P1(=O)c3cc(-c4ccccc4C)ccc3Oc3c(-c4ccccc4C)cc(-c4ccccc4C)c(c31)O2. The molecule has 0 spiro atoms. The number of aryl methyl sites for hydroxylation is 10. The molecule has 0 saturated heterocycles. The molecule has 0 N–H and O–H groups in total. The predicted molar refractivity (Wildman–Crippen MR) is 611 cm³/mol. The average Bonchev–Trinajstić information content (AvgIpc) is 0.690. The Morgan fingerprint density at radius 1 is 0.135 bits per heavy atom. The predicted octanol–water partition coefficient (Wildman–Crippen LogP) is 33.7. The van der Waals surface area contributed by atoms with Crippen LogP contribution in [0.25, 0.3) is 134 Å². The zero-order valence-corrected chi connectivity index (χ0v) is 86.2. The topological polar surface area (TPSA) is 107 Å². The van der Waals surface area contributed by atoms with Crippen LogP contribution >= 0.6 is 21.4 Å². The molecule has 714 valence electrons. The van der Waals surface area contributed by atoms with Crippen molar-refractivity contribution in [1.82, 2.24) is 0 Å². The summed E-state index contributed by atoms with van der Waals surface area (Å²) in [6, 6.07) is 147. The van der Waals surface area contributed by atoms with Crippen LogP contribution in [-0.4, -0.2) is 0 Å². The molecule has 6 aliphatic heterocycles. The van der Waals surface area contributed by atoms with Crippen LogP contribution in [0.4, 0.5) is 0 Å². The van der Waals surface area contributed by atoms with Crippen LogP contribution < -0.4 is 76.2 Å². The van der Waals surface area contributed by atoms with Crippen molar-refractivity contribution in [3.63, 3.8) is 0 Å². The Labute approximate surface area is 863 Å². The summed E-state index contributed by atoms with van der Waals surface area (Å²) in [5.41, 5.74) is 35.4. The third-order valence-corrected chi connectivity index (χ3v) is 39.6. The standard InChI is InChI=1S/C46H35O3P.2C45H33O3P/c1-28-13-5-9-17-34(28)32-21-23-40-42(25-32)50(47)43-26-33(35-18-10-6-14-29(35)2)22-24-41(43)49-45-39(37-20-12-8-16-31(37)4)27-38(44(48-40)46(45)50)36-19-11-7-15-30(36)3;1-28-13-7-10-18-34(28)32-21-23-39-41(25-32)49(46)42-26-33(35-19-11-8-14-29(35)2)22-24-40(42)48-44-38(36-20-12-9-15-30(36)3)27-37(43(47-39)45(44)49)31-16-5-4-6-17-31;1-28-13-7-10-18-34(28)33-22-24-40-42(26-33)49(46)41-25-32(31-16-5-4-6-17-31)21-23-39(41)47-43-37(35-19-11-8-14-29(35)2)27-38(44(48-40)45(43)49)36-20-12-9-15-30(36)3/h5-27H,1-4H3;2*4-27H,1-3H3. The lowest BCUT2D eigenvalue weighted by atomic mass is 9.92. The van der Waals surface area contributed by atoms with E-state index in [1.165, 1.54) is 0 Å². The summed E-state index contributed by atoms with van der Waals surface area (Å²) in [7, 11) is -10.8. The minimum atomic E-state index is -3.62. The average molecular weight is 1970 g/mol. The maximum atomic E-state index is 16.9. The molecule has 0 aliphatic carbocycles. The molecule has 27 rings (SSSR count). The molecule has 6 heterocycles. The largest absolute Gasteiger partial charge is 0.455 e. The van der Waals surface area contributed by atoms with Gasteiger partial charge in [0.25, 0.3) is 0 Å². The van der Waals surface area contributed by atoms with Crippen molar-refractivity contribution in [3.8, 4) is 203 Å². The van der Waals surface area contributed by atoms with E-state index in [2.05, 4.69) is 318 Å². The molecule has 2 atom stereocenters. The van der Waals surface area contributed by atoms with Crippen molar-refractivity contribution in [2.24, 2.45) is 0 Å². The second-order valence-electron chi connectivity index (χ2n) is 39.4. The van der Waals surface area contributed by atoms with Gasteiger partial charge in [-0.05, 0) is 316 Å². The van der Waals surface area contributed by atoms with Gasteiger partial charge in [0.05, 0.1) is 31.8 Å². The summed E-state index contributed by atoms with van der Waals surface area (Å²) in [4.78, 5) is 0. The van der Waals surface area contributed by atoms with Gasteiger partial charge in [-0.3, -0.25) is 0 Å². The van der Waals surface area contributed by atoms with E-state index in [9.17, 15) is 0 Å². The van der Waals surface area contributed by atoms with Crippen LogP contribution in [0.2, 0.25) is 0 Å². The van der Waals surface area contributed by atoms with E-state index in [1.54, 1.807) is 0 Å². The Balaban J connectivity index is 0.000000115. The van der Waals surface area contributed by atoms with E-state index in [4.69, 9.17) is 28.4 Å². The summed E-state index contributed by atoms with van der Waals surface area (Å²) < 4.78 is 92.1. The van der Waals surface area contributed by atoms with Crippen molar-refractivity contribution in [2.45, 2.75) is 69.2 Å². The number of hydrogen-bond donors (Lipinski definition) is 0. The van der Waals surface area contributed by atoms with E-state index < -0.39 is 21.4 Å². The number of hydrogen-bond acceptors (Lipinski definition) is 9. The summed E-state index contributed by atoms with van der Waals surface area (Å²) in [6.45, 7) is 21.1. The Bertz CT molecular complexity index is 8880. The molecule has 0 saturated carbocycles. The van der Waals surface area contributed by atoms with Crippen LogP contribution in [0.1, 0.15) is 55.6 Å². The minimum absolute atomic E-state index is 0.588. The van der Waals surface area contributed by atoms with Gasteiger partial charge in [-0.25, -0.2) is 0 Å². The van der Waals surface area contributed by atoms with E-state index in [1.807, 2.05) is 182 Å². The lowest BCUT2D eigenvalue weighted by molar-refractivity contribution is 0.463. The summed E-state index contributed by atoms with van der Waals surface area (Å²) in [5.74, 6) is 7.20. The summed E-state index contributed by atoms with van der Waals surface area (Å²) >= 11 is 0. The number of rotatable bonds is 12. The van der Waals surface area contributed by atoms with E-state index in [-0.39, 0.29) is 0 Å². The summed E-state index contributed by atoms with van der Waals surface area (Å²) in [6.07, 6.45) is 0. The highest BCUT2D eigenvalue weighted by atomic mass is 31.2. The quantitative estimate of drug-likeness (QED) is 0.111. The van der Waals surface area contributed by atoms with Crippen molar-refractivity contribution in [3.05, 3.63) is 486 Å². The van der Waals surface area contributed by atoms with Gasteiger partial charge in [0.2, 0.25) is 0 Å². The van der Waals surface area contributed by atoms with Gasteiger partial charge in [0, 0.05) is 33.4 Å². The Kier molecular flexibility index (Phi) is 22.9. The van der Waals surface area contributed by atoms with Crippen molar-refractivity contribution in [2.75, 3.05) is 0 Å². The molecule has 9 nitrogen and oxygen atoms in total. The Hall–Kier alpha value is -16.9. The van der Waals surface area contributed by atoms with Crippen molar-refractivity contribution < 1.29 is 42.1 Å². The van der Waals surface area contributed by atoms with E-state index >= 15 is 13.7 Å². The number of benzene rings is 21. The highest BCUT2D eigenvalue weighted by Gasteiger charge is 2.53. The number of ether oxygens (including phenoxy) is 6. The molecule has 0 fully saturated rings. The first-order valence-electron chi connectivity index (χ1n) is 50.3. The molecule has 0 amide bonds. The van der Waals surface area contributed by atoms with Gasteiger partial charge in [-0.1, -0.05) is 340 Å². The molecule has 0 radical (unpaired) electrons. The molecular formula is C136H101O9P3. The third kappa shape index (κ3) is 15.2. The van der Waals surface area contributed by atoms with Crippen LogP contribution in [0.15, 0.2) is 431 Å². The lowest BCUT2D eigenvalue weighted by Gasteiger charge is -2.37. The smallest absolute Gasteiger partial charge is 0.185 e. The molecule has 6 aliphatic rings. The molecule has 2 unspecified atom stereocenters. The maximum absolute atomic E-state index is 16.9. The Morgan fingerprint density at radius 3 is 0.507 bits per heavy atom. The zero-order valence-electron chi connectivity index (χ0n) is 83.5. The monoisotopic (exact) mass is 1970 g/mol. The molecule has 12 heteroatoms. The van der Waals surface area contributed by atoms with E-state index in [0.717, 1.165) is 189 Å². The van der Waals surface area contributed by atoms with Gasteiger partial charge in [-0.2, -0.15) is 0 Å². The van der Waals surface area contributed by atoms with E-state index in [0.29, 0.717) is 117 Å². The van der Waals surface area contributed by atoms with Crippen molar-refractivity contribution in [1.29, 1.82) is 0 Å². The fourth-order valence-electron chi connectivity index (χ4n) is 22.6. The minimum Gasteiger partial charge on any atom is -0.455 e. The Morgan fingerprint density at radius 2 is 0.297 bits per heavy atom. The van der Waals surface area contributed by atoms with Crippen LogP contribution in [0.5, 0.6) is 69.0 Å². The first kappa shape index (κ1) is 92.3. The first-order chi connectivity index (χ1) is 72.1. The highest BCUT2D eigenvalue weighted by Crippen LogP contribution is 2.68. The normalized spacial score (nSPS) is 14.7. The fraction of sp³-hybridized carbons (Fsp3) is 0.0735. The van der Waals surface area contributed by atoms with Gasteiger partial charge in [0.1, 0.15) is 84.9 Å². The molecule has 21 aromatic carbocycles. The second kappa shape index (κ2) is 36.7. The van der Waals surface area contributed by atoms with Gasteiger partial charge >= 0.3 is 0 Å². The summed E-state index contributed by atoms with van der Waals surface area (Å²) in [5, 5.41) is 6.01. The van der Waals surface area contributed by atoms with Gasteiger partial charge < -0.3 is 42.1 Å². The second-order valence-corrected chi connectivity index (χ2v) is 47.2. The van der Waals surface area contributed by atoms with Crippen LogP contribution in [-0.2, 0) is 13.7 Å². The molecule has 0 bridgehead atoms. The molecule has 0 aromatic heterocycles. The molecular weight excluding hydrogens is 1870 g/mol. The maximum Gasteiger partial charge on any atom is 0.185 e. The molecule has 148 heavy (non-hydrogen) atoms. The number of fused-ring (bicyclic) bond motifs is 12. The van der Waals surface area contributed by atoms with Crippen molar-refractivity contribution >= 4 is 69.2 Å². The van der Waals surface area contributed by atoms with Crippen LogP contribution in [0, 0.1) is 69.2 Å². The zero-order chi connectivity index (χ0) is 101. The third-order valence-electron chi connectivity index (χ3n) is 30.3.